The maximum absolute atomic E-state index is 12.4. The molecular weight excluding hydrogens is 324 g/mol. The number of hydrogen-bond acceptors (Lipinski definition) is 3. The Kier molecular flexibility index (Phi) is 5.81. The van der Waals surface area contributed by atoms with Gasteiger partial charge in [-0.1, -0.05) is 48.5 Å². The van der Waals surface area contributed by atoms with Gasteiger partial charge in [-0.05, 0) is 31.7 Å². The molecule has 5 heteroatoms. The van der Waals surface area contributed by atoms with Crippen LogP contribution in [0.25, 0.3) is 5.69 Å². The summed E-state index contributed by atoms with van der Waals surface area (Å²) in [6.07, 6.45) is 3.85. The molecule has 3 rings (SSSR count). The van der Waals surface area contributed by atoms with E-state index < -0.39 is 0 Å². The zero-order valence-electron chi connectivity index (χ0n) is 15.2. The summed E-state index contributed by atoms with van der Waals surface area (Å²) in [6.45, 7) is 3.12. The minimum absolute atomic E-state index is 0.0202. The van der Waals surface area contributed by atoms with Gasteiger partial charge in [0.15, 0.2) is 0 Å². The Labute approximate surface area is 154 Å². The number of rotatable bonds is 7. The maximum Gasteiger partial charge on any atom is 0.237 e. The number of carbonyl (C=O) groups is 1. The average molecular weight is 348 g/mol. The van der Waals surface area contributed by atoms with Crippen LogP contribution in [0.5, 0.6) is 0 Å². The smallest absolute Gasteiger partial charge is 0.237 e. The Morgan fingerprint density at radius 1 is 1.08 bits per heavy atom. The van der Waals surface area contributed by atoms with Gasteiger partial charge in [-0.25, -0.2) is 4.68 Å². The first-order valence-corrected chi connectivity index (χ1v) is 8.74. The molecule has 0 spiro atoms. The molecule has 5 nitrogen and oxygen atoms in total. The summed E-state index contributed by atoms with van der Waals surface area (Å²) in [5.74, 6) is 0.0202. The van der Waals surface area contributed by atoms with Crippen molar-refractivity contribution in [2.24, 2.45) is 0 Å². The first kappa shape index (κ1) is 17.9. The van der Waals surface area contributed by atoms with E-state index in [1.807, 2.05) is 96.6 Å². The van der Waals surface area contributed by atoms with E-state index in [2.05, 4.69) is 10.4 Å². The molecule has 1 aromatic heterocycles. The highest BCUT2D eigenvalue weighted by atomic mass is 16.2. The summed E-state index contributed by atoms with van der Waals surface area (Å²) in [5, 5.41) is 7.40. The van der Waals surface area contributed by atoms with Crippen molar-refractivity contribution in [2.45, 2.75) is 26.1 Å². The molecular formula is C21H24N4O. The van der Waals surface area contributed by atoms with Crippen LogP contribution in [0, 0.1) is 0 Å². The van der Waals surface area contributed by atoms with E-state index in [4.69, 9.17) is 0 Å². The maximum atomic E-state index is 12.4. The molecule has 0 saturated carbocycles. The fraction of sp³-hybridized carbons (Fsp3) is 0.238. The third-order valence-electron chi connectivity index (χ3n) is 4.44. The third-order valence-corrected chi connectivity index (χ3v) is 4.44. The van der Waals surface area contributed by atoms with Crippen LogP contribution in [0.1, 0.15) is 18.1 Å². The number of carbonyl (C=O) groups excluding carboxylic acids is 1. The van der Waals surface area contributed by atoms with Crippen LogP contribution in [0.3, 0.4) is 0 Å². The van der Waals surface area contributed by atoms with E-state index in [0.29, 0.717) is 13.1 Å². The highest BCUT2D eigenvalue weighted by molar-refractivity contribution is 5.81. The van der Waals surface area contributed by atoms with E-state index in [-0.39, 0.29) is 11.9 Å². The Hall–Kier alpha value is -2.92. The van der Waals surface area contributed by atoms with Gasteiger partial charge in [0.2, 0.25) is 5.91 Å². The van der Waals surface area contributed by atoms with Crippen LogP contribution in [0.2, 0.25) is 0 Å². The molecule has 0 aliphatic carbocycles. The summed E-state index contributed by atoms with van der Waals surface area (Å²) in [5.41, 5.74) is 3.19. The van der Waals surface area contributed by atoms with Gasteiger partial charge in [-0.3, -0.25) is 9.69 Å². The lowest BCUT2D eigenvalue weighted by atomic mass is 10.2. The number of para-hydroxylation sites is 1. The minimum atomic E-state index is -0.223. The van der Waals surface area contributed by atoms with Crippen molar-refractivity contribution in [1.82, 2.24) is 20.0 Å². The molecule has 3 aromatic rings. The van der Waals surface area contributed by atoms with Crippen molar-refractivity contribution >= 4 is 5.91 Å². The lowest BCUT2D eigenvalue weighted by molar-refractivity contribution is -0.125. The second kappa shape index (κ2) is 8.45. The SMILES string of the molecule is CC(C(=O)NCc1ccccc1)N(C)Cc1cnn(-c2ccccc2)c1. The summed E-state index contributed by atoms with van der Waals surface area (Å²) in [4.78, 5) is 14.4. The van der Waals surface area contributed by atoms with E-state index in [1.165, 1.54) is 0 Å². The molecule has 1 N–H and O–H groups in total. The molecule has 0 bridgehead atoms. The highest BCUT2D eigenvalue weighted by Gasteiger charge is 2.18. The quantitative estimate of drug-likeness (QED) is 0.714. The van der Waals surface area contributed by atoms with Gasteiger partial charge >= 0.3 is 0 Å². The van der Waals surface area contributed by atoms with Crippen molar-refractivity contribution < 1.29 is 4.79 Å². The van der Waals surface area contributed by atoms with Crippen LogP contribution in [-0.2, 0) is 17.9 Å². The number of amides is 1. The number of benzene rings is 2. The molecule has 1 unspecified atom stereocenters. The van der Waals surface area contributed by atoms with Crippen LogP contribution < -0.4 is 5.32 Å². The Balaban J connectivity index is 1.54. The van der Waals surface area contributed by atoms with Crippen molar-refractivity contribution in [2.75, 3.05) is 7.05 Å². The van der Waals surface area contributed by atoms with Gasteiger partial charge in [0, 0.05) is 24.8 Å². The average Bonchev–Trinajstić information content (AvgIpc) is 3.15. The zero-order valence-corrected chi connectivity index (χ0v) is 15.2. The second-order valence-electron chi connectivity index (χ2n) is 6.42. The minimum Gasteiger partial charge on any atom is -0.351 e. The summed E-state index contributed by atoms with van der Waals surface area (Å²) in [7, 11) is 1.95. The molecule has 2 aromatic carbocycles. The predicted octanol–water partition coefficient (Wildman–Crippen LogP) is 3.01. The topological polar surface area (TPSA) is 50.2 Å². The monoisotopic (exact) mass is 348 g/mol. The Morgan fingerprint density at radius 2 is 1.73 bits per heavy atom. The molecule has 0 fully saturated rings. The fourth-order valence-corrected chi connectivity index (χ4v) is 2.72. The van der Waals surface area contributed by atoms with Gasteiger partial charge in [0.25, 0.3) is 0 Å². The van der Waals surface area contributed by atoms with Crippen LogP contribution in [0.15, 0.2) is 73.1 Å². The van der Waals surface area contributed by atoms with Gasteiger partial charge < -0.3 is 5.32 Å². The zero-order chi connectivity index (χ0) is 18.4. The molecule has 1 amide bonds. The molecule has 0 saturated heterocycles. The first-order chi connectivity index (χ1) is 12.6. The Bertz CT molecular complexity index is 829. The molecule has 0 aliphatic rings. The van der Waals surface area contributed by atoms with Gasteiger partial charge in [-0.15, -0.1) is 0 Å². The van der Waals surface area contributed by atoms with Crippen molar-refractivity contribution in [3.8, 4) is 5.69 Å². The standard InChI is InChI=1S/C21H24N4O/c1-17(21(26)22-13-18-9-5-3-6-10-18)24(2)15-19-14-23-25(16-19)20-11-7-4-8-12-20/h3-12,14,16-17H,13,15H2,1-2H3,(H,22,26). The third kappa shape index (κ3) is 4.58. The Morgan fingerprint density at radius 3 is 2.42 bits per heavy atom. The van der Waals surface area contributed by atoms with E-state index in [9.17, 15) is 4.79 Å². The molecule has 26 heavy (non-hydrogen) atoms. The normalized spacial score (nSPS) is 12.1. The van der Waals surface area contributed by atoms with Gasteiger partial charge in [-0.2, -0.15) is 5.10 Å². The number of nitrogens with one attached hydrogen (secondary N) is 1. The summed E-state index contributed by atoms with van der Waals surface area (Å²) in [6, 6.07) is 19.7. The highest BCUT2D eigenvalue weighted by Crippen LogP contribution is 2.10. The number of likely N-dealkylation sites (N-methyl/N-ethyl adjacent to an activating group) is 1. The molecule has 1 atom stereocenters. The van der Waals surface area contributed by atoms with E-state index >= 15 is 0 Å². The van der Waals surface area contributed by atoms with Crippen molar-refractivity contribution in [1.29, 1.82) is 0 Å². The predicted molar refractivity (Wildman–Crippen MR) is 103 cm³/mol. The van der Waals surface area contributed by atoms with Crippen LogP contribution >= 0.6 is 0 Å². The molecule has 134 valence electrons. The van der Waals surface area contributed by atoms with E-state index in [1.54, 1.807) is 0 Å². The number of hydrogen-bond donors (Lipinski definition) is 1. The lowest BCUT2D eigenvalue weighted by Crippen LogP contribution is -2.42. The summed E-state index contributed by atoms with van der Waals surface area (Å²) < 4.78 is 1.85. The molecule has 0 aliphatic heterocycles. The first-order valence-electron chi connectivity index (χ1n) is 8.74. The molecule has 0 radical (unpaired) electrons. The van der Waals surface area contributed by atoms with Crippen LogP contribution in [0.4, 0.5) is 0 Å². The van der Waals surface area contributed by atoms with Gasteiger partial charge in [0.1, 0.15) is 0 Å². The van der Waals surface area contributed by atoms with E-state index in [0.717, 1.165) is 16.8 Å². The summed E-state index contributed by atoms with van der Waals surface area (Å²) >= 11 is 0. The second-order valence-corrected chi connectivity index (χ2v) is 6.42. The van der Waals surface area contributed by atoms with Crippen LogP contribution in [-0.4, -0.2) is 33.7 Å². The fourth-order valence-electron chi connectivity index (χ4n) is 2.72. The largest absolute Gasteiger partial charge is 0.351 e. The van der Waals surface area contributed by atoms with Crippen molar-refractivity contribution in [3.63, 3.8) is 0 Å². The molecule has 1 heterocycles. The lowest BCUT2D eigenvalue weighted by Gasteiger charge is -2.23. The number of aromatic nitrogens is 2. The van der Waals surface area contributed by atoms with Crippen molar-refractivity contribution in [3.05, 3.63) is 84.2 Å². The number of nitrogens with zero attached hydrogens (tertiary/aromatic N) is 3. The van der Waals surface area contributed by atoms with Gasteiger partial charge in [0.05, 0.1) is 17.9 Å².